The van der Waals surface area contributed by atoms with Gasteiger partial charge in [-0.3, -0.25) is 15.0 Å². The molecule has 0 aliphatic carbocycles. The molecule has 1 aliphatic rings. The van der Waals surface area contributed by atoms with Crippen LogP contribution in [0.1, 0.15) is 31.0 Å². The summed E-state index contributed by atoms with van der Waals surface area (Å²) >= 11 is 0. The summed E-state index contributed by atoms with van der Waals surface area (Å²) in [4.78, 5) is 6.53. The van der Waals surface area contributed by atoms with Gasteiger partial charge < -0.3 is 0 Å². The van der Waals surface area contributed by atoms with Crippen molar-refractivity contribution in [1.82, 2.24) is 20.1 Å². The van der Waals surface area contributed by atoms with Gasteiger partial charge in [0.25, 0.3) is 0 Å². The van der Waals surface area contributed by atoms with Crippen molar-refractivity contribution in [2.75, 3.05) is 13.1 Å². The molecule has 1 fully saturated rings. The number of aromatic amines is 1. The van der Waals surface area contributed by atoms with Crippen LogP contribution in [0.2, 0.25) is 0 Å². The first-order valence-corrected chi connectivity index (χ1v) is 7.72. The fourth-order valence-electron chi connectivity index (χ4n) is 3.08. The Balaban J connectivity index is 1.89. The highest BCUT2D eigenvalue weighted by Crippen LogP contribution is 2.36. The van der Waals surface area contributed by atoms with Gasteiger partial charge in [-0.1, -0.05) is 6.92 Å². The molecule has 0 saturated carbocycles. The van der Waals surface area contributed by atoms with E-state index in [9.17, 15) is 13.2 Å². The van der Waals surface area contributed by atoms with Gasteiger partial charge in [-0.15, -0.1) is 0 Å². The molecule has 3 heterocycles. The minimum Gasteiger partial charge on any atom is -0.297 e. The van der Waals surface area contributed by atoms with Crippen molar-refractivity contribution in [3.8, 4) is 11.3 Å². The molecule has 0 bridgehead atoms. The Morgan fingerprint density at radius 2 is 2.17 bits per heavy atom. The highest BCUT2D eigenvalue weighted by Gasteiger charge is 2.35. The first-order valence-electron chi connectivity index (χ1n) is 7.72. The fraction of sp³-hybridized carbons (Fsp3) is 0.500. The lowest BCUT2D eigenvalue weighted by Crippen LogP contribution is -2.34. The zero-order valence-electron chi connectivity index (χ0n) is 12.9. The number of hydrogen-bond acceptors (Lipinski definition) is 3. The minimum absolute atomic E-state index is 0.0613. The molecule has 2 aromatic rings. The van der Waals surface area contributed by atoms with Crippen molar-refractivity contribution in [3.63, 3.8) is 0 Å². The number of piperidine rings is 1. The Hall–Kier alpha value is -1.89. The molecule has 0 unspecified atom stereocenters. The van der Waals surface area contributed by atoms with Gasteiger partial charge in [0.2, 0.25) is 0 Å². The second kappa shape index (κ2) is 6.31. The summed E-state index contributed by atoms with van der Waals surface area (Å²) in [6.07, 6.45) is 0.694. The van der Waals surface area contributed by atoms with Crippen molar-refractivity contribution >= 4 is 0 Å². The van der Waals surface area contributed by atoms with Crippen LogP contribution in [0.5, 0.6) is 0 Å². The normalized spacial score (nSPS) is 19.9. The maximum atomic E-state index is 13.2. The lowest BCUT2D eigenvalue weighted by molar-refractivity contribution is -0.137. The highest BCUT2D eigenvalue weighted by atomic mass is 19.4. The number of nitrogens with zero attached hydrogens (tertiary/aromatic N) is 3. The van der Waals surface area contributed by atoms with Crippen LogP contribution in [-0.4, -0.2) is 33.2 Å². The van der Waals surface area contributed by atoms with E-state index in [-0.39, 0.29) is 5.69 Å². The molecule has 0 spiro atoms. The standard InChI is InChI=1S/C16H19F3N4/c1-11-3-2-6-23(9-11)10-13-4-5-14(16(17,18)19)15(22-13)12-7-20-21-8-12/h4-5,7-8,11H,2-3,6,9-10H2,1H3,(H,20,21)/t11-/m0/s1. The smallest absolute Gasteiger partial charge is 0.297 e. The largest absolute Gasteiger partial charge is 0.418 e. The van der Waals surface area contributed by atoms with E-state index in [0.29, 0.717) is 23.7 Å². The van der Waals surface area contributed by atoms with Crippen LogP contribution in [0.15, 0.2) is 24.5 Å². The second-order valence-electron chi connectivity index (χ2n) is 6.17. The molecule has 1 N–H and O–H groups in total. The Kier molecular flexibility index (Phi) is 4.39. The van der Waals surface area contributed by atoms with Gasteiger partial charge in [0.05, 0.1) is 23.1 Å². The number of halogens is 3. The van der Waals surface area contributed by atoms with Crippen molar-refractivity contribution in [3.05, 3.63) is 35.8 Å². The van der Waals surface area contributed by atoms with Crippen molar-refractivity contribution < 1.29 is 13.2 Å². The Morgan fingerprint density at radius 3 is 2.83 bits per heavy atom. The van der Waals surface area contributed by atoms with E-state index in [4.69, 9.17) is 0 Å². The molecule has 23 heavy (non-hydrogen) atoms. The molecule has 1 atom stereocenters. The number of hydrogen-bond donors (Lipinski definition) is 1. The zero-order chi connectivity index (χ0) is 16.4. The van der Waals surface area contributed by atoms with Gasteiger partial charge >= 0.3 is 6.18 Å². The number of H-pyrrole nitrogens is 1. The van der Waals surface area contributed by atoms with Crippen LogP contribution < -0.4 is 0 Å². The van der Waals surface area contributed by atoms with Crippen LogP contribution in [0, 0.1) is 5.92 Å². The molecule has 2 aromatic heterocycles. The van der Waals surface area contributed by atoms with E-state index in [1.165, 1.54) is 24.9 Å². The van der Waals surface area contributed by atoms with Crippen LogP contribution in [0.3, 0.4) is 0 Å². The third-order valence-corrected chi connectivity index (χ3v) is 4.16. The molecular weight excluding hydrogens is 305 g/mol. The first kappa shape index (κ1) is 16.0. The van der Waals surface area contributed by atoms with Gasteiger partial charge in [-0.2, -0.15) is 18.3 Å². The van der Waals surface area contributed by atoms with Crippen molar-refractivity contribution in [2.45, 2.75) is 32.5 Å². The first-order chi connectivity index (χ1) is 10.9. The van der Waals surface area contributed by atoms with E-state index in [1.807, 2.05) is 0 Å². The molecule has 4 nitrogen and oxygen atoms in total. The average Bonchev–Trinajstić information content (AvgIpc) is 3.00. The predicted molar refractivity (Wildman–Crippen MR) is 80.5 cm³/mol. The van der Waals surface area contributed by atoms with Crippen LogP contribution >= 0.6 is 0 Å². The number of likely N-dealkylation sites (tertiary alicyclic amines) is 1. The van der Waals surface area contributed by atoms with Crippen LogP contribution in [0.25, 0.3) is 11.3 Å². The lowest BCUT2D eigenvalue weighted by atomic mass is 10.00. The molecule has 0 amide bonds. The Morgan fingerprint density at radius 1 is 1.35 bits per heavy atom. The van der Waals surface area contributed by atoms with Crippen LogP contribution in [0.4, 0.5) is 13.2 Å². The average molecular weight is 324 g/mol. The van der Waals surface area contributed by atoms with E-state index in [0.717, 1.165) is 25.6 Å². The van der Waals surface area contributed by atoms with E-state index < -0.39 is 11.7 Å². The van der Waals surface area contributed by atoms with E-state index >= 15 is 0 Å². The predicted octanol–water partition coefficient (Wildman–Crippen LogP) is 3.72. The number of aromatic nitrogens is 3. The van der Waals surface area contributed by atoms with Gasteiger partial charge in [-0.05, 0) is 37.4 Å². The lowest BCUT2D eigenvalue weighted by Gasteiger charge is -2.30. The molecular formula is C16H19F3N4. The summed E-state index contributed by atoms with van der Waals surface area (Å²) in [7, 11) is 0. The third-order valence-electron chi connectivity index (χ3n) is 4.16. The van der Waals surface area contributed by atoms with Crippen molar-refractivity contribution in [2.24, 2.45) is 5.92 Å². The van der Waals surface area contributed by atoms with E-state index in [2.05, 4.69) is 27.0 Å². The maximum Gasteiger partial charge on any atom is 0.418 e. The molecule has 1 saturated heterocycles. The van der Waals surface area contributed by atoms with Gasteiger partial charge in [-0.25, -0.2) is 0 Å². The van der Waals surface area contributed by atoms with Gasteiger partial charge in [0, 0.05) is 24.8 Å². The molecule has 124 valence electrons. The molecule has 1 aliphatic heterocycles. The molecule has 3 rings (SSSR count). The topological polar surface area (TPSA) is 44.8 Å². The molecule has 0 radical (unpaired) electrons. The number of rotatable bonds is 3. The SMILES string of the molecule is C[C@H]1CCCN(Cc2ccc(C(F)(F)F)c(-c3cn[nH]c3)n2)C1. The number of nitrogens with one attached hydrogen (secondary N) is 1. The van der Waals surface area contributed by atoms with Crippen LogP contribution in [-0.2, 0) is 12.7 Å². The maximum absolute atomic E-state index is 13.2. The van der Waals surface area contributed by atoms with Gasteiger partial charge in [0.1, 0.15) is 0 Å². The fourth-order valence-corrected chi connectivity index (χ4v) is 3.08. The van der Waals surface area contributed by atoms with E-state index in [1.54, 1.807) is 0 Å². The number of pyridine rings is 1. The minimum atomic E-state index is -4.43. The summed E-state index contributed by atoms with van der Waals surface area (Å²) in [5.41, 5.74) is 0.220. The number of alkyl halides is 3. The molecule has 7 heteroatoms. The quantitative estimate of drug-likeness (QED) is 0.936. The second-order valence-corrected chi connectivity index (χ2v) is 6.17. The zero-order valence-corrected chi connectivity index (χ0v) is 12.9. The summed E-state index contributed by atoms with van der Waals surface area (Å²) in [6, 6.07) is 2.60. The highest BCUT2D eigenvalue weighted by molar-refractivity contribution is 5.62. The van der Waals surface area contributed by atoms with Gasteiger partial charge in [0.15, 0.2) is 0 Å². The Labute approximate surface area is 132 Å². The van der Waals surface area contributed by atoms with Crippen molar-refractivity contribution in [1.29, 1.82) is 0 Å². The summed E-state index contributed by atoms with van der Waals surface area (Å²) in [5, 5.41) is 6.28. The molecule has 0 aromatic carbocycles. The third kappa shape index (κ3) is 3.72. The summed E-state index contributed by atoms with van der Waals surface area (Å²) in [5.74, 6) is 0.617. The summed E-state index contributed by atoms with van der Waals surface area (Å²) < 4.78 is 39.6. The summed E-state index contributed by atoms with van der Waals surface area (Å²) in [6.45, 7) is 4.70. The Bertz CT molecular complexity index is 652. The monoisotopic (exact) mass is 324 g/mol.